The molecule has 0 bridgehead atoms. The van der Waals surface area contributed by atoms with Crippen LogP contribution in [0.3, 0.4) is 0 Å². The van der Waals surface area contributed by atoms with E-state index in [1.165, 1.54) is 4.31 Å². The van der Waals surface area contributed by atoms with E-state index < -0.39 is 15.6 Å². The number of aromatic nitrogens is 2. The van der Waals surface area contributed by atoms with Gasteiger partial charge in [-0.15, -0.1) is 0 Å². The van der Waals surface area contributed by atoms with Gasteiger partial charge in [0.25, 0.3) is 0 Å². The molecule has 2 aromatic rings. The first-order valence-electron chi connectivity index (χ1n) is 8.23. The Balaban J connectivity index is 1.95. The first-order valence-corrected chi connectivity index (χ1v) is 9.67. The minimum absolute atomic E-state index is 0.175. The third-order valence-electron chi connectivity index (χ3n) is 4.77. The van der Waals surface area contributed by atoms with Crippen LogP contribution in [-0.4, -0.2) is 58.0 Å². The van der Waals surface area contributed by atoms with Gasteiger partial charge in [0.05, 0.1) is 29.3 Å². The molecule has 0 unspecified atom stereocenters. The van der Waals surface area contributed by atoms with E-state index in [-0.39, 0.29) is 37.4 Å². The van der Waals surface area contributed by atoms with Crippen molar-refractivity contribution in [3.8, 4) is 5.69 Å². The number of rotatable bonds is 4. The summed E-state index contributed by atoms with van der Waals surface area (Å²) in [7, 11) is -3.71. The molecule has 1 aromatic carbocycles. The second kappa shape index (κ2) is 6.53. The van der Waals surface area contributed by atoms with Gasteiger partial charge in [-0.1, -0.05) is 18.2 Å². The predicted octanol–water partition coefficient (Wildman–Crippen LogP) is 0.997. The van der Waals surface area contributed by atoms with Gasteiger partial charge in [-0.25, -0.2) is 13.1 Å². The quantitative estimate of drug-likeness (QED) is 0.843. The Labute approximate surface area is 147 Å². The number of para-hydroxylation sites is 1. The molecule has 2 heterocycles. The molecule has 0 radical (unpaired) electrons. The lowest BCUT2D eigenvalue weighted by Crippen LogP contribution is -2.48. The molecule has 0 aliphatic carbocycles. The number of piperidine rings is 1. The molecule has 0 saturated carbocycles. The summed E-state index contributed by atoms with van der Waals surface area (Å²) < 4.78 is 29.2. The van der Waals surface area contributed by atoms with E-state index >= 15 is 0 Å². The highest BCUT2D eigenvalue weighted by molar-refractivity contribution is 7.89. The number of benzene rings is 1. The molecule has 1 aliphatic rings. The summed E-state index contributed by atoms with van der Waals surface area (Å²) in [4.78, 5) is 0.214. The standard InChI is InChI=1S/C17H23N3O4S/c1-13-16(14(2)20(18-13)15-6-4-3-5-7-15)25(23,24)19-10-8-17(22,12-21)9-11-19/h3-7,21-22H,8-12H2,1-2H3. The fourth-order valence-corrected chi connectivity index (χ4v) is 5.05. The highest BCUT2D eigenvalue weighted by Gasteiger charge is 2.38. The molecule has 1 aromatic heterocycles. The van der Waals surface area contributed by atoms with Gasteiger partial charge in [0.15, 0.2) is 0 Å². The maximum absolute atomic E-state index is 13.1. The zero-order valence-electron chi connectivity index (χ0n) is 14.4. The van der Waals surface area contributed by atoms with Gasteiger partial charge < -0.3 is 10.2 Å². The Morgan fingerprint density at radius 3 is 2.32 bits per heavy atom. The molecule has 3 rings (SSSR count). The normalized spacial score (nSPS) is 18.4. The van der Waals surface area contributed by atoms with E-state index in [4.69, 9.17) is 0 Å². The third kappa shape index (κ3) is 3.22. The van der Waals surface area contributed by atoms with Crippen LogP contribution in [0.5, 0.6) is 0 Å². The minimum Gasteiger partial charge on any atom is -0.393 e. The van der Waals surface area contributed by atoms with Crippen molar-refractivity contribution >= 4 is 10.0 Å². The molecular weight excluding hydrogens is 342 g/mol. The maximum atomic E-state index is 13.1. The zero-order chi connectivity index (χ0) is 18.2. The van der Waals surface area contributed by atoms with Crippen LogP contribution in [-0.2, 0) is 10.0 Å². The lowest BCUT2D eigenvalue weighted by molar-refractivity contribution is -0.0480. The number of aliphatic hydroxyl groups excluding tert-OH is 1. The summed E-state index contributed by atoms with van der Waals surface area (Å²) in [5.74, 6) is 0. The van der Waals surface area contributed by atoms with Gasteiger partial charge in [0.1, 0.15) is 4.90 Å². The highest BCUT2D eigenvalue weighted by atomic mass is 32.2. The van der Waals surface area contributed by atoms with Crippen LogP contribution in [0, 0.1) is 13.8 Å². The van der Waals surface area contributed by atoms with E-state index in [1.54, 1.807) is 18.5 Å². The summed E-state index contributed by atoms with van der Waals surface area (Å²) in [6.07, 6.45) is 0.432. The van der Waals surface area contributed by atoms with Crippen LogP contribution >= 0.6 is 0 Å². The van der Waals surface area contributed by atoms with E-state index in [2.05, 4.69) is 5.10 Å². The average Bonchev–Trinajstić information content (AvgIpc) is 2.91. The third-order valence-corrected chi connectivity index (χ3v) is 6.92. The molecular formula is C17H23N3O4S. The van der Waals surface area contributed by atoms with Gasteiger partial charge in [-0.05, 0) is 38.8 Å². The molecule has 0 amide bonds. The van der Waals surface area contributed by atoms with Crippen LogP contribution in [0.15, 0.2) is 35.2 Å². The van der Waals surface area contributed by atoms with E-state index in [0.717, 1.165) is 5.69 Å². The fraction of sp³-hybridized carbons (Fsp3) is 0.471. The molecule has 136 valence electrons. The summed E-state index contributed by atoms with van der Waals surface area (Å²) >= 11 is 0. The highest BCUT2D eigenvalue weighted by Crippen LogP contribution is 2.30. The Bertz CT molecular complexity index is 854. The molecule has 1 fully saturated rings. The van der Waals surface area contributed by atoms with Gasteiger partial charge in [-0.2, -0.15) is 9.40 Å². The van der Waals surface area contributed by atoms with Crippen molar-refractivity contribution in [2.75, 3.05) is 19.7 Å². The molecule has 0 spiro atoms. The van der Waals surface area contributed by atoms with Crippen molar-refractivity contribution < 1.29 is 18.6 Å². The zero-order valence-corrected chi connectivity index (χ0v) is 15.2. The van der Waals surface area contributed by atoms with Crippen molar-refractivity contribution in [1.82, 2.24) is 14.1 Å². The molecule has 0 atom stereocenters. The summed E-state index contributed by atoms with van der Waals surface area (Å²) in [6, 6.07) is 9.39. The largest absolute Gasteiger partial charge is 0.393 e. The van der Waals surface area contributed by atoms with Gasteiger partial charge in [-0.3, -0.25) is 0 Å². The van der Waals surface area contributed by atoms with Gasteiger partial charge in [0.2, 0.25) is 10.0 Å². The molecule has 25 heavy (non-hydrogen) atoms. The number of hydrogen-bond donors (Lipinski definition) is 2. The number of sulfonamides is 1. The Hall–Kier alpha value is -1.74. The Morgan fingerprint density at radius 2 is 1.76 bits per heavy atom. The summed E-state index contributed by atoms with van der Waals surface area (Å²) in [5, 5.41) is 23.8. The molecule has 1 saturated heterocycles. The predicted molar refractivity (Wildman–Crippen MR) is 93.1 cm³/mol. The first kappa shape index (κ1) is 18.1. The van der Waals surface area contributed by atoms with Crippen molar-refractivity contribution in [2.45, 2.75) is 37.2 Å². The number of nitrogens with zero attached hydrogens (tertiary/aromatic N) is 3. The lowest BCUT2D eigenvalue weighted by atomic mass is 9.94. The van der Waals surface area contributed by atoms with Crippen LogP contribution < -0.4 is 0 Å². The van der Waals surface area contributed by atoms with Crippen LogP contribution in [0.4, 0.5) is 0 Å². The van der Waals surface area contributed by atoms with Gasteiger partial charge >= 0.3 is 0 Å². The number of aryl methyl sites for hydroxylation is 1. The molecule has 8 heteroatoms. The summed E-state index contributed by atoms with van der Waals surface area (Å²) in [6.45, 7) is 3.43. The molecule has 2 N–H and O–H groups in total. The van der Waals surface area contributed by atoms with Crippen LogP contribution in [0.2, 0.25) is 0 Å². The topological polar surface area (TPSA) is 95.7 Å². The Morgan fingerprint density at radius 1 is 1.16 bits per heavy atom. The maximum Gasteiger partial charge on any atom is 0.246 e. The van der Waals surface area contributed by atoms with Crippen molar-refractivity contribution in [1.29, 1.82) is 0 Å². The SMILES string of the molecule is Cc1nn(-c2ccccc2)c(C)c1S(=O)(=O)N1CCC(O)(CO)CC1. The van der Waals surface area contributed by atoms with Gasteiger partial charge in [0, 0.05) is 13.1 Å². The first-order chi connectivity index (χ1) is 11.8. The number of aliphatic hydroxyl groups is 2. The van der Waals surface area contributed by atoms with E-state index in [9.17, 15) is 18.6 Å². The van der Waals surface area contributed by atoms with Crippen LogP contribution in [0.1, 0.15) is 24.2 Å². The van der Waals surface area contributed by atoms with E-state index in [0.29, 0.717) is 11.4 Å². The monoisotopic (exact) mass is 365 g/mol. The smallest absolute Gasteiger partial charge is 0.246 e. The fourth-order valence-electron chi connectivity index (χ4n) is 3.25. The average molecular weight is 365 g/mol. The molecule has 1 aliphatic heterocycles. The second-order valence-electron chi connectivity index (χ2n) is 6.53. The van der Waals surface area contributed by atoms with Crippen molar-refractivity contribution in [3.63, 3.8) is 0 Å². The second-order valence-corrected chi connectivity index (χ2v) is 8.41. The van der Waals surface area contributed by atoms with Crippen molar-refractivity contribution in [2.24, 2.45) is 0 Å². The molecule has 7 nitrogen and oxygen atoms in total. The van der Waals surface area contributed by atoms with Crippen LogP contribution in [0.25, 0.3) is 5.69 Å². The number of hydrogen-bond acceptors (Lipinski definition) is 5. The minimum atomic E-state index is -3.71. The lowest BCUT2D eigenvalue weighted by Gasteiger charge is -2.36. The van der Waals surface area contributed by atoms with E-state index in [1.807, 2.05) is 30.3 Å². The van der Waals surface area contributed by atoms with Crippen molar-refractivity contribution in [3.05, 3.63) is 41.7 Å². The Kier molecular flexibility index (Phi) is 4.72. The summed E-state index contributed by atoms with van der Waals surface area (Å²) in [5.41, 5.74) is 0.624.